The van der Waals surface area contributed by atoms with E-state index in [0.717, 1.165) is 23.3 Å². The van der Waals surface area contributed by atoms with Gasteiger partial charge in [-0.2, -0.15) is 0 Å². The molecule has 0 fully saturated rings. The molecule has 1 aromatic carbocycles. The summed E-state index contributed by atoms with van der Waals surface area (Å²) in [6, 6.07) is 7.34. The number of hydrogen-bond acceptors (Lipinski definition) is 2. The first kappa shape index (κ1) is 31.2. The summed E-state index contributed by atoms with van der Waals surface area (Å²) in [6.07, 6.45) is 16.1. The molecule has 0 aromatic heterocycles. The van der Waals surface area contributed by atoms with Crippen molar-refractivity contribution < 1.29 is 38.0 Å². The first-order chi connectivity index (χ1) is 15.0. The summed E-state index contributed by atoms with van der Waals surface area (Å²) in [7, 11) is 4.03. The van der Waals surface area contributed by atoms with Crippen molar-refractivity contribution >= 4 is 5.91 Å². The third-order valence-corrected chi connectivity index (χ3v) is 6.39. The Morgan fingerprint density at radius 2 is 1.25 bits per heavy atom. The number of halogens is 1. The lowest BCUT2D eigenvalue weighted by molar-refractivity contribution is -0.908. The average molecular weight is 561 g/mol. The Balaban J connectivity index is 0.00000961. The van der Waals surface area contributed by atoms with E-state index in [4.69, 9.17) is 4.74 Å². The van der Waals surface area contributed by atoms with Gasteiger partial charge in [-0.3, -0.25) is 4.79 Å². The highest BCUT2D eigenvalue weighted by Gasteiger charge is 2.21. The van der Waals surface area contributed by atoms with Crippen molar-refractivity contribution in [2.24, 2.45) is 0 Å². The first-order valence-electron chi connectivity index (χ1n) is 12.8. The molecule has 186 valence electrons. The molecular formula is C27H49IN2O2. The summed E-state index contributed by atoms with van der Waals surface area (Å²) in [6.45, 7) is 8.72. The van der Waals surface area contributed by atoms with E-state index < -0.39 is 0 Å². The second kappa shape index (κ2) is 19.6. The summed E-state index contributed by atoms with van der Waals surface area (Å²) in [5.41, 5.74) is 0.696. The van der Waals surface area contributed by atoms with E-state index in [2.05, 4.69) is 26.2 Å². The fourth-order valence-corrected chi connectivity index (χ4v) is 4.17. The molecule has 0 spiro atoms. The molecule has 1 rings (SSSR count). The van der Waals surface area contributed by atoms with Crippen LogP contribution >= 0.6 is 0 Å². The molecule has 0 bridgehead atoms. The molecule has 0 saturated heterocycles. The third kappa shape index (κ3) is 14.4. The van der Waals surface area contributed by atoms with Crippen molar-refractivity contribution in [1.82, 2.24) is 5.32 Å². The van der Waals surface area contributed by atoms with Gasteiger partial charge < -0.3 is 38.5 Å². The van der Waals surface area contributed by atoms with Gasteiger partial charge in [-0.05, 0) is 49.9 Å². The number of nitrogens with zero attached hydrogens (tertiary/aromatic N) is 1. The zero-order valence-electron chi connectivity index (χ0n) is 21.3. The number of unbranched alkanes of at least 4 members (excludes halogenated alkanes) is 10. The number of carbonyl (C=O) groups excluding carboxylic acids is 1. The number of hydrogen-bond donors (Lipinski definition) is 1. The molecule has 0 aliphatic heterocycles. The van der Waals surface area contributed by atoms with E-state index in [-0.39, 0.29) is 29.9 Å². The normalized spacial score (nSPS) is 11.1. The van der Waals surface area contributed by atoms with Crippen LogP contribution in [0, 0.1) is 0 Å². The predicted octanol–water partition coefficient (Wildman–Crippen LogP) is 3.60. The Hall–Kier alpha value is -0.820. The highest BCUT2D eigenvalue weighted by atomic mass is 127. The maximum Gasteiger partial charge on any atom is 0.251 e. The first-order valence-corrected chi connectivity index (χ1v) is 12.8. The fraction of sp³-hybridized carbons (Fsp3) is 0.741. The molecule has 0 saturated carbocycles. The van der Waals surface area contributed by atoms with Gasteiger partial charge >= 0.3 is 0 Å². The van der Waals surface area contributed by atoms with E-state index >= 15 is 0 Å². The second-order valence-electron chi connectivity index (χ2n) is 9.31. The fourth-order valence-electron chi connectivity index (χ4n) is 4.17. The molecule has 0 aliphatic rings. The molecule has 0 radical (unpaired) electrons. The molecule has 1 N–H and O–H groups in total. The Kier molecular flexibility index (Phi) is 19.1. The van der Waals surface area contributed by atoms with Gasteiger partial charge in [0.25, 0.3) is 5.91 Å². The van der Waals surface area contributed by atoms with Crippen molar-refractivity contribution in [3.05, 3.63) is 29.8 Å². The highest BCUT2D eigenvalue weighted by molar-refractivity contribution is 5.94. The Morgan fingerprint density at radius 3 is 1.72 bits per heavy atom. The summed E-state index contributed by atoms with van der Waals surface area (Å²) < 4.78 is 6.25. The Bertz CT molecular complexity index is 562. The van der Waals surface area contributed by atoms with Crippen LogP contribution in [-0.4, -0.2) is 50.7 Å². The monoisotopic (exact) mass is 560 g/mol. The summed E-state index contributed by atoms with van der Waals surface area (Å²) in [5.74, 6) is 0.784. The summed E-state index contributed by atoms with van der Waals surface area (Å²) in [5, 5.41) is 3.13. The van der Waals surface area contributed by atoms with E-state index in [1.54, 1.807) is 7.11 Å². The van der Waals surface area contributed by atoms with Crippen molar-refractivity contribution in [3.63, 3.8) is 0 Å². The smallest absolute Gasteiger partial charge is 0.251 e. The SMILES string of the molecule is CCCCCCCC[N+](C)(CCCCCCCC)CCNC(=O)c1ccc(OC)cc1.[I-]. The van der Waals surface area contributed by atoms with Crippen LogP contribution < -0.4 is 34.0 Å². The molecule has 0 aliphatic carbocycles. The standard InChI is InChI=1S/C27H48N2O2.HI/c1-5-7-9-11-13-15-22-29(3,23-16-14-12-10-8-6-2)24-21-28-27(30)25-17-19-26(31-4)20-18-25;/h17-20H,5-16,21-24H2,1-4H3;1H. The van der Waals surface area contributed by atoms with E-state index in [0.29, 0.717) is 5.56 Å². The van der Waals surface area contributed by atoms with Crippen molar-refractivity contribution in [2.75, 3.05) is 40.3 Å². The largest absolute Gasteiger partial charge is 1.00 e. The summed E-state index contributed by atoms with van der Waals surface area (Å²) in [4.78, 5) is 12.5. The Labute approximate surface area is 215 Å². The molecule has 1 aromatic rings. The average Bonchev–Trinajstić information content (AvgIpc) is 2.78. The van der Waals surface area contributed by atoms with Crippen LogP contribution in [0.25, 0.3) is 0 Å². The van der Waals surface area contributed by atoms with Crippen LogP contribution in [0.1, 0.15) is 101 Å². The number of carbonyl (C=O) groups is 1. The zero-order valence-corrected chi connectivity index (χ0v) is 23.4. The van der Waals surface area contributed by atoms with Gasteiger partial charge in [-0.15, -0.1) is 0 Å². The molecule has 1 amide bonds. The second-order valence-corrected chi connectivity index (χ2v) is 9.31. The lowest BCUT2D eigenvalue weighted by atomic mass is 10.1. The van der Waals surface area contributed by atoms with Crippen LogP contribution in [0.5, 0.6) is 5.75 Å². The van der Waals surface area contributed by atoms with Gasteiger partial charge in [0.2, 0.25) is 0 Å². The predicted molar refractivity (Wildman–Crippen MR) is 133 cm³/mol. The molecular weight excluding hydrogens is 511 g/mol. The van der Waals surface area contributed by atoms with Gasteiger partial charge in [0.05, 0.1) is 40.3 Å². The third-order valence-electron chi connectivity index (χ3n) is 6.39. The maximum absolute atomic E-state index is 12.5. The van der Waals surface area contributed by atoms with E-state index in [1.165, 1.54) is 90.1 Å². The molecule has 0 heterocycles. The van der Waals surface area contributed by atoms with Gasteiger partial charge in [0.15, 0.2) is 0 Å². The van der Waals surface area contributed by atoms with Crippen LogP contribution in [-0.2, 0) is 0 Å². The van der Waals surface area contributed by atoms with Gasteiger partial charge in [0, 0.05) is 5.56 Å². The quantitative estimate of drug-likeness (QED) is 0.160. The number of amides is 1. The van der Waals surface area contributed by atoms with Crippen LogP contribution in [0.3, 0.4) is 0 Å². The summed E-state index contributed by atoms with van der Waals surface area (Å²) >= 11 is 0. The van der Waals surface area contributed by atoms with Crippen LogP contribution in [0.15, 0.2) is 24.3 Å². The van der Waals surface area contributed by atoms with Crippen molar-refractivity contribution in [2.45, 2.75) is 90.9 Å². The number of benzene rings is 1. The molecule has 4 nitrogen and oxygen atoms in total. The molecule has 0 atom stereocenters. The molecule has 0 unspecified atom stereocenters. The van der Waals surface area contributed by atoms with Crippen molar-refractivity contribution in [3.8, 4) is 5.75 Å². The Morgan fingerprint density at radius 1 is 0.781 bits per heavy atom. The maximum atomic E-state index is 12.5. The minimum absolute atomic E-state index is 0. The van der Waals surface area contributed by atoms with Gasteiger partial charge in [-0.1, -0.05) is 65.2 Å². The van der Waals surface area contributed by atoms with Crippen LogP contribution in [0.2, 0.25) is 0 Å². The lowest BCUT2D eigenvalue weighted by Gasteiger charge is -2.35. The number of rotatable bonds is 19. The minimum Gasteiger partial charge on any atom is -1.00 e. The van der Waals surface area contributed by atoms with E-state index in [9.17, 15) is 4.79 Å². The number of ether oxygens (including phenoxy) is 1. The minimum atomic E-state index is 0. The van der Waals surface area contributed by atoms with Crippen LogP contribution in [0.4, 0.5) is 0 Å². The molecule has 32 heavy (non-hydrogen) atoms. The number of methoxy groups -OCH3 is 1. The number of nitrogens with one attached hydrogen (secondary N) is 1. The van der Waals surface area contributed by atoms with E-state index in [1.807, 2.05) is 24.3 Å². The van der Waals surface area contributed by atoms with Gasteiger partial charge in [0.1, 0.15) is 5.75 Å². The topological polar surface area (TPSA) is 38.3 Å². The number of quaternary nitrogens is 1. The number of likely N-dealkylation sites (N-methyl/N-ethyl adjacent to an activating group) is 1. The zero-order chi connectivity index (χ0) is 22.8. The lowest BCUT2D eigenvalue weighted by Crippen LogP contribution is -3.00. The molecule has 5 heteroatoms. The van der Waals surface area contributed by atoms with Gasteiger partial charge in [-0.25, -0.2) is 0 Å². The van der Waals surface area contributed by atoms with Crippen molar-refractivity contribution in [1.29, 1.82) is 0 Å². The highest BCUT2D eigenvalue weighted by Crippen LogP contribution is 2.14.